The van der Waals surface area contributed by atoms with Crippen molar-refractivity contribution in [3.63, 3.8) is 0 Å². The fourth-order valence-corrected chi connectivity index (χ4v) is 2.45. The van der Waals surface area contributed by atoms with Crippen LogP contribution in [0.5, 0.6) is 0 Å². The summed E-state index contributed by atoms with van der Waals surface area (Å²) in [6, 6.07) is 0.691. The lowest BCUT2D eigenvalue weighted by Crippen LogP contribution is -2.33. The summed E-state index contributed by atoms with van der Waals surface area (Å²) >= 11 is 2.04. The zero-order chi connectivity index (χ0) is 10.8. The molecule has 0 aliphatic heterocycles. The standard InChI is InChI=1S/C12H27NS/c1-5-12(6-2)11(4)13-9-8-10-14-7-3/h11-13H,5-10H2,1-4H3. The summed E-state index contributed by atoms with van der Waals surface area (Å²) in [7, 11) is 0. The van der Waals surface area contributed by atoms with E-state index in [0.29, 0.717) is 6.04 Å². The van der Waals surface area contributed by atoms with Crippen molar-refractivity contribution in [2.45, 2.75) is 53.0 Å². The van der Waals surface area contributed by atoms with Crippen LogP contribution < -0.4 is 5.32 Å². The highest BCUT2D eigenvalue weighted by Crippen LogP contribution is 2.12. The normalized spacial score (nSPS) is 13.5. The molecule has 0 aliphatic carbocycles. The van der Waals surface area contributed by atoms with Gasteiger partial charge in [-0.05, 0) is 37.3 Å². The molecule has 0 saturated heterocycles. The Balaban J connectivity index is 3.37. The van der Waals surface area contributed by atoms with Gasteiger partial charge in [-0.3, -0.25) is 0 Å². The zero-order valence-electron chi connectivity index (χ0n) is 10.3. The Labute approximate surface area is 94.4 Å². The van der Waals surface area contributed by atoms with Gasteiger partial charge in [0, 0.05) is 6.04 Å². The molecule has 0 aromatic rings. The molecule has 0 amide bonds. The number of rotatable bonds is 9. The predicted molar refractivity (Wildman–Crippen MR) is 69.2 cm³/mol. The third-order valence-electron chi connectivity index (χ3n) is 2.89. The summed E-state index contributed by atoms with van der Waals surface area (Å²) in [5.41, 5.74) is 0. The molecular formula is C12H27NS. The van der Waals surface area contributed by atoms with Crippen LogP contribution in [0.25, 0.3) is 0 Å². The highest BCUT2D eigenvalue weighted by Gasteiger charge is 2.11. The molecule has 0 rings (SSSR count). The Morgan fingerprint density at radius 2 is 1.79 bits per heavy atom. The lowest BCUT2D eigenvalue weighted by Gasteiger charge is -2.22. The van der Waals surface area contributed by atoms with Gasteiger partial charge in [0.1, 0.15) is 0 Å². The zero-order valence-corrected chi connectivity index (χ0v) is 11.1. The largest absolute Gasteiger partial charge is 0.314 e. The van der Waals surface area contributed by atoms with Gasteiger partial charge in [0.15, 0.2) is 0 Å². The molecule has 14 heavy (non-hydrogen) atoms. The molecule has 0 saturated carbocycles. The van der Waals surface area contributed by atoms with Gasteiger partial charge in [0.2, 0.25) is 0 Å². The van der Waals surface area contributed by atoms with Crippen molar-refractivity contribution >= 4 is 11.8 Å². The third kappa shape index (κ3) is 6.72. The van der Waals surface area contributed by atoms with Gasteiger partial charge in [-0.25, -0.2) is 0 Å². The molecule has 1 unspecified atom stereocenters. The van der Waals surface area contributed by atoms with E-state index in [1.807, 2.05) is 11.8 Å². The molecule has 0 heterocycles. The minimum Gasteiger partial charge on any atom is -0.314 e. The van der Waals surface area contributed by atoms with Crippen LogP contribution in [0.1, 0.15) is 47.0 Å². The van der Waals surface area contributed by atoms with Crippen LogP contribution in [-0.4, -0.2) is 24.1 Å². The summed E-state index contributed by atoms with van der Waals surface area (Å²) < 4.78 is 0. The first-order chi connectivity index (χ1) is 6.76. The van der Waals surface area contributed by atoms with Crippen molar-refractivity contribution in [2.75, 3.05) is 18.1 Å². The molecule has 0 aromatic carbocycles. The molecule has 1 N–H and O–H groups in total. The van der Waals surface area contributed by atoms with Crippen LogP contribution in [-0.2, 0) is 0 Å². The highest BCUT2D eigenvalue weighted by molar-refractivity contribution is 7.99. The first-order valence-electron chi connectivity index (χ1n) is 6.07. The van der Waals surface area contributed by atoms with Crippen LogP contribution in [0, 0.1) is 5.92 Å². The van der Waals surface area contributed by atoms with Crippen LogP contribution in [0.15, 0.2) is 0 Å². The maximum atomic E-state index is 3.63. The molecular weight excluding hydrogens is 190 g/mol. The second-order valence-corrected chi connectivity index (χ2v) is 5.26. The van der Waals surface area contributed by atoms with E-state index in [2.05, 4.69) is 33.0 Å². The average molecular weight is 217 g/mol. The summed E-state index contributed by atoms with van der Waals surface area (Å²) in [6.07, 6.45) is 3.91. The Kier molecular flexibility index (Phi) is 10.1. The Morgan fingerprint density at radius 3 is 2.29 bits per heavy atom. The maximum absolute atomic E-state index is 3.63. The van der Waals surface area contributed by atoms with Crippen molar-refractivity contribution in [3.05, 3.63) is 0 Å². The highest BCUT2D eigenvalue weighted by atomic mass is 32.2. The van der Waals surface area contributed by atoms with Crippen molar-refractivity contribution in [1.82, 2.24) is 5.32 Å². The second-order valence-electron chi connectivity index (χ2n) is 3.87. The van der Waals surface area contributed by atoms with E-state index in [1.54, 1.807) is 0 Å². The first kappa shape index (κ1) is 14.3. The van der Waals surface area contributed by atoms with E-state index in [1.165, 1.54) is 37.3 Å². The fraction of sp³-hybridized carbons (Fsp3) is 1.00. The van der Waals surface area contributed by atoms with E-state index in [4.69, 9.17) is 0 Å². The molecule has 0 aromatic heterocycles. The van der Waals surface area contributed by atoms with E-state index < -0.39 is 0 Å². The molecule has 0 bridgehead atoms. The molecule has 86 valence electrons. The van der Waals surface area contributed by atoms with Crippen LogP contribution in [0.4, 0.5) is 0 Å². The van der Waals surface area contributed by atoms with Gasteiger partial charge in [0.05, 0.1) is 0 Å². The number of hydrogen-bond acceptors (Lipinski definition) is 2. The molecule has 1 nitrogen and oxygen atoms in total. The van der Waals surface area contributed by atoms with Crippen LogP contribution >= 0.6 is 11.8 Å². The molecule has 1 atom stereocenters. The summed E-state index contributed by atoms with van der Waals surface area (Å²) in [5, 5.41) is 3.63. The van der Waals surface area contributed by atoms with Crippen LogP contribution in [0.3, 0.4) is 0 Å². The van der Waals surface area contributed by atoms with E-state index in [9.17, 15) is 0 Å². The lowest BCUT2D eigenvalue weighted by molar-refractivity contribution is 0.355. The molecule has 0 fully saturated rings. The SMILES string of the molecule is CCSCCCNC(C)C(CC)CC. The Bertz CT molecular complexity index is 113. The summed E-state index contributed by atoms with van der Waals surface area (Å²) in [5.74, 6) is 3.41. The van der Waals surface area contributed by atoms with Gasteiger partial charge >= 0.3 is 0 Å². The van der Waals surface area contributed by atoms with Gasteiger partial charge in [-0.15, -0.1) is 0 Å². The summed E-state index contributed by atoms with van der Waals surface area (Å²) in [4.78, 5) is 0. The van der Waals surface area contributed by atoms with Gasteiger partial charge in [-0.2, -0.15) is 11.8 Å². The number of nitrogens with one attached hydrogen (secondary N) is 1. The smallest absolute Gasteiger partial charge is 0.00667 e. The maximum Gasteiger partial charge on any atom is 0.00667 e. The van der Waals surface area contributed by atoms with Crippen LogP contribution in [0.2, 0.25) is 0 Å². The lowest BCUT2D eigenvalue weighted by atomic mass is 9.95. The average Bonchev–Trinajstić information content (AvgIpc) is 2.19. The van der Waals surface area contributed by atoms with Crippen molar-refractivity contribution in [2.24, 2.45) is 5.92 Å². The first-order valence-corrected chi connectivity index (χ1v) is 7.22. The van der Waals surface area contributed by atoms with Gasteiger partial charge in [-0.1, -0.05) is 33.6 Å². The quantitative estimate of drug-likeness (QED) is 0.593. The topological polar surface area (TPSA) is 12.0 Å². The van der Waals surface area contributed by atoms with Crippen molar-refractivity contribution in [1.29, 1.82) is 0 Å². The molecule has 2 heteroatoms. The number of thioether (sulfide) groups is 1. The van der Waals surface area contributed by atoms with Crippen molar-refractivity contribution in [3.8, 4) is 0 Å². The predicted octanol–water partition coefficient (Wildman–Crippen LogP) is 3.54. The second kappa shape index (κ2) is 9.85. The molecule has 0 radical (unpaired) electrons. The van der Waals surface area contributed by atoms with E-state index in [-0.39, 0.29) is 0 Å². The molecule has 0 aliphatic rings. The van der Waals surface area contributed by atoms with Gasteiger partial charge < -0.3 is 5.32 Å². The third-order valence-corrected chi connectivity index (χ3v) is 3.88. The Morgan fingerprint density at radius 1 is 1.14 bits per heavy atom. The minimum atomic E-state index is 0.691. The van der Waals surface area contributed by atoms with Crippen molar-refractivity contribution < 1.29 is 0 Å². The molecule has 0 spiro atoms. The number of hydrogen-bond donors (Lipinski definition) is 1. The van der Waals surface area contributed by atoms with E-state index in [0.717, 1.165) is 5.92 Å². The Hall–Kier alpha value is 0.310. The van der Waals surface area contributed by atoms with E-state index >= 15 is 0 Å². The monoisotopic (exact) mass is 217 g/mol. The minimum absolute atomic E-state index is 0.691. The fourth-order valence-electron chi connectivity index (χ4n) is 1.81. The summed E-state index contributed by atoms with van der Waals surface area (Å²) in [6.45, 7) is 10.3. The van der Waals surface area contributed by atoms with Gasteiger partial charge in [0.25, 0.3) is 0 Å².